The van der Waals surface area contributed by atoms with Gasteiger partial charge < -0.3 is 44.9 Å². The highest BCUT2D eigenvalue weighted by Gasteiger charge is 2.61. The van der Waals surface area contributed by atoms with Crippen molar-refractivity contribution in [2.24, 2.45) is 5.92 Å². The van der Waals surface area contributed by atoms with Crippen LogP contribution in [0.3, 0.4) is 0 Å². The lowest BCUT2D eigenvalue weighted by atomic mass is 9.72. The summed E-state index contributed by atoms with van der Waals surface area (Å²) in [7, 11) is 0. The molecule has 4 aliphatic rings. The molecule has 322 valence electrons. The van der Waals surface area contributed by atoms with Crippen LogP contribution in [0.1, 0.15) is 70.2 Å². The second-order valence-corrected chi connectivity index (χ2v) is 17.4. The van der Waals surface area contributed by atoms with Crippen molar-refractivity contribution in [3.05, 3.63) is 167 Å². The van der Waals surface area contributed by atoms with Gasteiger partial charge in [-0.1, -0.05) is 105 Å². The Labute approximate surface area is 371 Å². The van der Waals surface area contributed by atoms with E-state index in [0.717, 1.165) is 44.4 Å². The van der Waals surface area contributed by atoms with E-state index in [-0.39, 0.29) is 24.1 Å². The number of aliphatic hydroxyl groups is 1. The smallest absolute Gasteiger partial charge is 0.252 e. The number of H-pyrrole nitrogens is 1. The maximum Gasteiger partial charge on any atom is 0.252 e. The summed E-state index contributed by atoms with van der Waals surface area (Å²) in [4.78, 5) is 55.9. The number of benzene rings is 5. The number of rotatable bonds is 7. The van der Waals surface area contributed by atoms with E-state index >= 15 is 0 Å². The average molecular weight is 864 g/mol. The number of nitrogens with one attached hydrogen (secondary N) is 5. The number of ether oxygens (including phenoxy) is 1. The van der Waals surface area contributed by atoms with E-state index < -0.39 is 53.6 Å². The lowest BCUT2D eigenvalue weighted by molar-refractivity contribution is -0.135. The van der Waals surface area contributed by atoms with Crippen LogP contribution in [0.15, 0.2) is 136 Å². The van der Waals surface area contributed by atoms with Crippen molar-refractivity contribution in [3.8, 4) is 39.8 Å². The summed E-state index contributed by atoms with van der Waals surface area (Å²) in [5, 5.41) is 25.4. The summed E-state index contributed by atoms with van der Waals surface area (Å²) in [5.74, 6) is -0.101. The fourth-order valence-electron chi connectivity index (χ4n) is 10.1. The molecule has 5 aromatic carbocycles. The molecule has 1 unspecified atom stereocenters. The van der Waals surface area contributed by atoms with E-state index in [1.54, 1.807) is 66.9 Å². The Balaban J connectivity index is 1.00. The van der Waals surface area contributed by atoms with Crippen LogP contribution in [-0.2, 0) is 21.4 Å². The minimum atomic E-state index is -1.79. The third kappa shape index (κ3) is 5.86. The number of anilines is 1. The summed E-state index contributed by atoms with van der Waals surface area (Å²) in [6, 6.07) is 32.2. The van der Waals surface area contributed by atoms with Crippen LogP contribution in [0.2, 0.25) is 0 Å². The molecule has 6 atom stereocenters. The van der Waals surface area contributed by atoms with Crippen molar-refractivity contribution in [2.75, 3.05) is 5.32 Å². The van der Waals surface area contributed by atoms with Crippen molar-refractivity contribution in [3.63, 3.8) is 0 Å². The first-order valence-corrected chi connectivity index (χ1v) is 21.7. The predicted molar refractivity (Wildman–Crippen MR) is 240 cm³/mol. The number of fused-ring (bicyclic) bond motifs is 7. The highest BCUT2D eigenvalue weighted by Crippen LogP contribution is 2.61. The number of para-hydroxylation sites is 1. The number of hydrogen-bond acceptors (Lipinski definition) is 10. The normalized spacial score (nSPS) is 20.6. The van der Waals surface area contributed by atoms with Crippen LogP contribution < -0.4 is 26.0 Å². The fraction of sp³-hybridized carbons (Fsp3) is 0.196. The molecule has 4 aliphatic heterocycles. The highest BCUT2D eigenvalue weighted by molar-refractivity contribution is 6.07. The Hall–Kier alpha value is -7.97. The van der Waals surface area contributed by atoms with Gasteiger partial charge >= 0.3 is 0 Å². The van der Waals surface area contributed by atoms with Crippen molar-refractivity contribution >= 4 is 34.3 Å². The fourth-order valence-corrected chi connectivity index (χ4v) is 10.1. The number of carbonyl (C=O) groups is 3. The Kier molecular flexibility index (Phi) is 8.65. The molecule has 0 radical (unpaired) electrons. The minimum Gasteiger partial charge on any atom is -0.469 e. The van der Waals surface area contributed by atoms with Gasteiger partial charge in [-0.15, -0.1) is 0 Å². The van der Waals surface area contributed by atoms with E-state index in [0.29, 0.717) is 39.7 Å². The van der Waals surface area contributed by atoms with E-state index in [1.165, 1.54) is 0 Å². The Morgan fingerprint density at radius 2 is 1.65 bits per heavy atom. The van der Waals surface area contributed by atoms with Gasteiger partial charge in [0.25, 0.3) is 11.8 Å². The molecule has 10 bridgehead atoms. The van der Waals surface area contributed by atoms with Crippen molar-refractivity contribution < 1.29 is 33.1 Å². The van der Waals surface area contributed by atoms with Gasteiger partial charge in [-0.25, -0.2) is 9.97 Å². The highest BCUT2D eigenvalue weighted by atomic mass is 16.5. The summed E-state index contributed by atoms with van der Waals surface area (Å²) in [6.07, 6.45) is 1.16. The van der Waals surface area contributed by atoms with Gasteiger partial charge in [-0.3, -0.25) is 14.4 Å². The SMILES string of the molecule is CC(C)[C@@H]1NC(=O)[C@@H](NC(=O)[C@H](O)[C@@H](NC(=O)c2ccccc2)c2ccccc2)Cc2ccc3c(c2)[C@]24c5cccc(c5NC2O3)-c2cccc3[nH]cc(c23)-c2cnc(o2)-c2nc1oc24. The zero-order valence-electron chi connectivity index (χ0n) is 35.1. The van der Waals surface area contributed by atoms with Crippen molar-refractivity contribution in [2.45, 2.75) is 56.1 Å². The number of aromatic nitrogens is 3. The van der Waals surface area contributed by atoms with Crippen LogP contribution in [0.4, 0.5) is 5.69 Å². The molecule has 14 heteroatoms. The summed E-state index contributed by atoms with van der Waals surface area (Å²) >= 11 is 0. The quantitative estimate of drug-likeness (QED) is 0.0945. The zero-order valence-corrected chi connectivity index (χ0v) is 35.1. The molecule has 0 aliphatic carbocycles. The van der Waals surface area contributed by atoms with Crippen LogP contribution in [0.5, 0.6) is 5.75 Å². The molecule has 1 spiro atoms. The first-order valence-electron chi connectivity index (χ1n) is 21.7. The molecular weight excluding hydrogens is 823 g/mol. The number of aliphatic hydroxyl groups excluding tert-OH is 1. The third-order valence-electron chi connectivity index (χ3n) is 13.2. The van der Waals surface area contributed by atoms with Gasteiger partial charge in [-0.05, 0) is 46.9 Å². The molecule has 7 heterocycles. The summed E-state index contributed by atoms with van der Waals surface area (Å²) < 4.78 is 20.6. The maximum atomic E-state index is 14.7. The number of oxazole rings is 2. The van der Waals surface area contributed by atoms with Crippen molar-refractivity contribution in [1.82, 2.24) is 30.9 Å². The molecule has 0 saturated heterocycles. The zero-order chi connectivity index (χ0) is 44.1. The van der Waals surface area contributed by atoms with Crippen LogP contribution in [0.25, 0.3) is 44.9 Å². The van der Waals surface area contributed by atoms with Crippen LogP contribution >= 0.6 is 0 Å². The number of hydrogen-bond donors (Lipinski definition) is 6. The number of aromatic amines is 1. The van der Waals surface area contributed by atoms with E-state index in [1.807, 2.05) is 56.4 Å². The molecule has 0 fully saturated rings. The second kappa shape index (κ2) is 14.5. The molecule has 14 nitrogen and oxygen atoms in total. The van der Waals surface area contributed by atoms with E-state index in [9.17, 15) is 19.5 Å². The molecule has 12 rings (SSSR count). The average Bonchev–Trinajstić information content (AvgIpc) is 4.17. The third-order valence-corrected chi connectivity index (χ3v) is 13.2. The second-order valence-electron chi connectivity index (χ2n) is 17.4. The first kappa shape index (κ1) is 38.7. The van der Waals surface area contributed by atoms with Crippen LogP contribution in [0, 0.1) is 5.92 Å². The van der Waals surface area contributed by atoms with E-state index in [2.05, 4.69) is 44.5 Å². The number of nitrogens with zero attached hydrogens (tertiary/aromatic N) is 2. The molecule has 6 N–H and O–H groups in total. The molecule has 0 saturated carbocycles. The lowest BCUT2D eigenvalue weighted by Crippen LogP contribution is -2.54. The molecular formula is C51H41N7O7. The largest absolute Gasteiger partial charge is 0.469 e. The molecule has 8 aromatic rings. The van der Waals surface area contributed by atoms with Crippen molar-refractivity contribution in [1.29, 1.82) is 0 Å². The predicted octanol–water partition coefficient (Wildman–Crippen LogP) is 7.32. The Bertz CT molecular complexity index is 3230. The Morgan fingerprint density at radius 3 is 2.46 bits per heavy atom. The maximum absolute atomic E-state index is 14.7. The van der Waals surface area contributed by atoms with Crippen LogP contribution in [-0.4, -0.2) is 56.2 Å². The van der Waals surface area contributed by atoms with Gasteiger partial charge in [0.2, 0.25) is 17.7 Å². The molecule has 65 heavy (non-hydrogen) atoms. The monoisotopic (exact) mass is 863 g/mol. The molecule has 3 aromatic heterocycles. The van der Waals surface area contributed by atoms with Gasteiger partial charge in [-0.2, -0.15) is 0 Å². The summed E-state index contributed by atoms with van der Waals surface area (Å²) in [5.41, 5.74) is 7.01. The molecule has 3 amide bonds. The van der Waals surface area contributed by atoms with Gasteiger partial charge in [0.05, 0.1) is 12.2 Å². The Morgan fingerprint density at radius 1 is 0.862 bits per heavy atom. The number of amides is 3. The topological polar surface area (TPSA) is 197 Å². The van der Waals surface area contributed by atoms with E-state index in [4.69, 9.17) is 23.5 Å². The first-order chi connectivity index (χ1) is 31.7. The van der Waals surface area contributed by atoms with Gasteiger partial charge in [0.15, 0.2) is 29.5 Å². The van der Waals surface area contributed by atoms with Gasteiger partial charge in [0.1, 0.15) is 23.2 Å². The summed E-state index contributed by atoms with van der Waals surface area (Å²) in [6.45, 7) is 3.88. The van der Waals surface area contributed by atoms with Gasteiger partial charge in [0, 0.05) is 57.0 Å². The minimum absolute atomic E-state index is 0.0381. The number of carbonyl (C=O) groups excluding carboxylic acids is 3. The lowest BCUT2D eigenvalue weighted by Gasteiger charge is -2.29. The standard InChI is InChI=1S/C51H41N7O7/c1-25(2)39-49-57-42-44(65-49)51-32-17-9-16-30(29-15-10-18-34-38(29)31(23-52-34)37-24-53-48(42)63-37)41(32)58-50(51)64-36-20-19-26(21-33(36)51)22-35(46(61)55-39)54-47(62)43(59)40(27-11-5-3-6-12-27)56-45(60)28-13-7-4-8-14-28/h3-21,23-25,35,39-40,43,50,52,58-59H,22H2,1-2H3,(H,54,62)(H,55,61)(H,56,60)/t35-,39-,40-,43+,50?,51-/m0/s1.